The molecule has 0 aliphatic carbocycles. The number of hydrogen-bond donors (Lipinski definition) is 3. The molecule has 1 aromatic heterocycles. The lowest BCUT2D eigenvalue weighted by Crippen LogP contribution is -2.71. The number of rotatable bonds is 6. The number of nitrogens with two attached hydrogens (primary N) is 1. The number of nitrogens with zero attached hydrogens (tertiary/aromatic N) is 3. The zero-order valence-electron chi connectivity index (χ0n) is 12.4. The van der Waals surface area contributed by atoms with Crippen molar-refractivity contribution in [2.24, 2.45) is 5.16 Å². The number of amides is 2. The van der Waals surface area contributed by atoms with E-state index in [1.807, 2.05) is 0 Å². The Morgan fingerprint density at radius 3 is 2.75 bits per heavy atom. The molecule has 14 heteroatoms. The summed E-state index contributed by atoms with van der Waals surface area (Å²) in [5, 5.41) is 6.62. The highest BCUT2D eigenvalue weighted by molar-refractivity contribution is 8.00. The third-order valence-electron chi connectivity index (χ3n) is 2.94. The molecule has 11 nitrogen and oxygen atoms in total. The molecule has 0 aromatic carbocycles. The van der Waals surface area contributed by atoms with Crippen LogP contribution in [0.15, 0.2) is 10.5 Å². The molecule has 0 saturated carbocycles. The number of thiazole rings is 1. The summed E-state index contributed by atoms with van der Waals surface area (Å²) in [6, 6.07) is -1.15. The number of thioether (sulfide) groups is 1. The normalized spacial score (nSPS) is 21.4. The van der Waals surface area contributed by atoms with Crippen LogP contribution in [0.2, 0.25) is 0 Å². The van der Waals surface area contributed by atoms with Crippen molar-refractivity contribution in [3.63, 3.8) is 0 Å². The van der Waals surface area contributed by atoms with E-state index < -0.39 is 33.5 Å². The zero-order valence-corrected chi connectivity index (χ0v) is 14.8. The van der Waals surface area contributed by atoms with Gasteiger partial charge in [-0.2, -0.15) is 12.7 Å². The van der Waals surface area contributed by atoms with Crippen LogP contribution in [-0.2, 0) is 24.7 Å². The Morgan fingerprint density at radius 1 is 1.62 bits per heavy atom. The second-order valence-corrected chi connectivity index (χ2v) is 7.52. The van der Waals surface area contributed by atoms with Crippen molar-refractivity contribution in [3.8, 4) is 0 Å². The Labute approximate surface area is 145 Å². The van der Waals surface area contributed by atoms with Gasteiger partial charge in [0.05, 0.1) is 0 Å². The summed E-state index contributed by atoms with van der Waals surface area (Å²) in [5.41, 5.74) is 5.43. The SMILES string of the molecule is CO/N=C(\C(=O)NC1C(=O)N(S(=O)(=O)O)C1SC)c1csc(N)n1. The number of carbonyl (C=O) groups is 2. The lowest BCUT2D eigenvalue weighted by atomic mass is 10.1. The summed E-state index contributed by atoms with van der Waals surface area (Å²) in [5.74, 6) is -1.76. The van der Waals surface area contributed by atoms with Crippen LogP contribution in [0, 0.1) is 0 Å². The maximum Gasteiger partial charge on any atom is 0.363 e. The molecule has 2 heterocycles. The molecule has 2 atom stereocenters. The lowest BCUT2D eigenvalue weighted by Gasteiger charge is -2.42. The first-order chi connectivity index (χ1) is 11.2. The van der Waals surface area contributed by atoms with Gasteiger partial charge in [-0.3, -0.25) is 14.1 Å². The Morgan fingerprint density at radius 2 is 2.29 bits per heavy atom. The van der Waals surface area contributed by atoms with Gasteiger partial charge in [0.1, 0.15) is 24.2 Å². The van der Waals surface area contributed by atoms with Crippen LogP contribution in [-0.4, -0.2) is 64.6 Å². The van der Waals surface area contributed by atoms with Crippen LogP contribution in [0.1, 0.15) is 5.69 Å². The van der Waals surface area contributed by atoms with Gasteiger partial charge in [-0.05, 0) is 6.26 Å². The van der Waals surface area contributed by atoms with E-state index in [9.17, 15) is 18.0 Å². The summed E-state index contributed by atoms with van der Waals surface area (Å²) >= 11 is 2.05. The van der Waals surface area contributed by atoms with Gasteiger partial charge < -0.3 is 15.9 Å². The number of oxime groups is 1. The topological polar surface area (TPSA) is 164 Å². The van der Waals surface area contributed by atoms with Crippen LogP contribution < -0.4 is 11.1 Å². The zero-order chi connectivity index (χ0) is 18.1. The minimum Gasteiger partial charge on any atom is -0.398 e. The van der Waals surface area contributed by atoms with Crippen molar-refractivity contribution in [1.82, 2.24) is 14.6 Å². The summed E-state index contributed by atoms with van der Waals surface area (Å²) < 4.78 is 31.6. The lowest BCUT2D eigenvalue weighted by molar-refractivity contribution is -0.140. The highest BCUT2D eigenvalue weighted by Crippen LogP contribution is 2.30. The van der Waals surface area contributed by atoms with Crippen molar-refractivity contribution in [2.75, 3.05) is 19.1 Å². The fraction of sp³-hybridized carbons (Fsp3) is 0.400. The van der Waals surface area contributed by atoms with Crippen LogP contribution >= 0.6 is 23.1 Å². The summed E-state index contributed by atoms with van der Waals surface area (Å²) in [7, 11) is -3.47. The third-order valence-corrected chi connectivity index (χ3v) is 5.62. The maximum atomic E-state index is 12.3. The minimum atomic E-state index is -4.70. The van der Waals surface area contributed by atoms with E-state index in [0.717, 1.165) is 23.1 Å². The van der Waals surface area contributed by atoms with Crippen molar-refractivity contribution >= 4 is 56.1 Å². The number of anilines is 1. The van der Waals surface area contributed by atoms with Gasteiger partial charge in [-0.15, -0.1) is 23.1 Å². The van der Waals surface area contributed by atoms with Gasteiger partial charge in [0.2, 0.25) is 0 Å². The first-order valence-corrected chi connectivity index (χ1v) is 9.74. The van der Waals surface area contributed by atoms with Crippen LogP contribution in [0.5, 0.6) is 0 Å². The van der Waals surface area contributed by atoms with Crippen molar-refractivity contribution in [1.29, 1.82) is 0 Å². The molecule has 1 aliphatic heterocycles. The molecule has 0 bridgehead atoms. The molecular formula is C10H13N5O6S3. The Kier molecular flexibility index (Phi) is 5.32. The smallest absolute Gasteiger partial charge is 0.363 e. The predicted molar refractivity (Wildman–Crippen MR) is 87.7 cm³/mol. The van der Waals surface area contributed by atoms with Gasteiger partial charge in [0.15, 0.2) is 10.8 Å². The molecule has 1 aliphatic rings. The van der Waals surface area contributed by atoms with E-state index in [-0.39, 0.29) is 20.8 Å². The number of nitrogens with one attached hydrogen (secondary N) is 1. The maximum absolute atomic E-state index is 12.3. The summed E-state index contributed by atoms with van der Waals surface area (Å²) in [6.07, 6.45) is 1.53. The first kappa shape index (κ1) is 18.4. The van der Waals surface area contributed by atoms with Gasteiger partial charge in [0.25, 0.3) is 11.8 Å². The van der Waals surface area contributed by atoms with E-state index >= 15 is 0 Å². The monoisotopic (exact) mass is 395 g/mol. The standard InChI is InChI=1S/C10H13N5O6S3/c1-21-14-5(4-3-23-10(11)12-4)7(16)13-6-8(17)15(9(6)22-2)24(18,19)20/h3,6,9H,1-2H3,(H2,11,12)(H,13,16)(H,18,19,20)/b14-5-. The van der Waals surface area contributed by atoms with Crippen molar-refractivity contribution in [3.05, 3.63) is 11.1 Å². The average molecular weight is 395 g/mol. The van der Waals surface area contributed by atoms with Crippen LogP contribution in [0.4, 0.5) is 5.13 Å². The highest BCUT2D eigenvalue weighted by atomic mass is 32.2. The minimum absolute atomic E-state index is 0.149. The summed E-state index contributed by atoms with van der Waals surface area (Å²) in [6.45, 7) is 0. The van der Waals surface area contributed by atoms with E-state index in [1.165, 1.54) is 18.7 Å². The molecule has 0 radical (unpaired) electrons. The summed E-state index contributed by atoms with van der Waals surface area (Å²) in [4.78, 5) is 32.7. The van der Waals surface area contributed by atoms with Gasteiger partial charge in [0, 0.05) is 5.38 Å². The molecule has 4 N–H and O–H groups in total. The molecule has 2 amide bonds. The molecule has 1 aromatic rings. The molecule has 24 heavy (non-hydrogen) atoms. The molecule has 0 spiro atoms. The Balaban J connectivity index is 2.19. The number of carbonyl (C=O) groups excluding carboxylic acids is 2. The molecule has 132 valence electrons. The Bertz CT molecular complexity index is 791. The molecule has 1 saturated heterocycles. The van der Waals surface area contributed by atoms with E-state index in [2.05, 4.69) is 20.3 Å². The fourth-order valence-corrected chi connectivity index (χ4v) is 4.56. The van der Waals surface area contributed by atoms with Gasteiger partial charge >= 0.3 is 10.3 Å². The van der Waals surface area contributed by atoms with Crippen LogP contribution in [0.25, 0.3) is 0 Å². The number of β-lactam (4-membered cyclic amide) rings is 1. The van der Waals surface area contributed by atoms with E-state index in [4.69, 9.17) is 10.3 Å². The first-order valence-electron chi connectivity index (χ1n) is 6.17. The second kappa shape index (κ2) is 6.92. The van der Waals surface area contributed by atoms with E-state index in [0.29, 0.717) is 0 Å². The third kappa shape index (κ3) is 3.45. The number of aromatic nitrogens is 1. The molecule has 1 fully saturated rings. The highest BCUT2D eigenvalue weighted by Gasteiger charge is 2.54. The molecular weight excluding hydrogens is 382 g/mol. The molecule has 2 unspecified atom stereocenters. The van der Waals surface area contributed by atoms with Crippen LogP contribution in [0.3, 0.4) is 0 Å². The van der Waals surface area contributed by atoms with Crippen molar-refractivity contribution in [2.45, 2.75) is 11.4 Å². The number of nitrogen functional groups attached to an aromatic ring is 1. The fourth-order valence-electron chi connectivity index (χ4n) is 1.95. The quantitative estimate of drug-likeness (QED) is 0.234. The predicted octanol–water partition coefficient (Wildman–Crippen LogP) is -1.11. The second-order valence-electron chi connectivity index (χ2n) is 4.38. The molecule has 2 rings (SSSR count). The van der Waals surface area contributed by atoms with Crippen molar-refractivity contribution < 1.29 is 27.4 Å². The van der Waals surface area contributed by atoms with Gasteiger partial charge in [-0.25, -0.2) is 4.98 Å². The van der Waals surface area contributed by atoms with Gasteiger partial charge in [-0.1, -0.05) is 5.16 Å². The largest absolute Gasteiger partial charge is 0.398 e. The van der Waals surface area contributed by atoms with E-state index in [1.54, 1.807) is 0 Å². The number of hydrogen-bond acceptors (Lipinski definition) is 10. The average Bonchev–Trinajstić information content (AvgIpc) is 2.91. The Hall–Kier alpha value is -1.90.